The third-order valence-electron chi connectivity index (χ3n) is 3.28. The lowest BCUT2D eigenvalue weighted by Crippen LogP contribution is -2.26. The second-order valence-corrected chi connectivity index (χ2v) is 4.72. The maximum absolute atomic E-state index is 9.77. The van der Waals surface area contributed by atoms with E-state index in [0.29, 0.717) is 0 Å². The SMILES string of the molecule is CCN(CC1CC1)c1ccccc1[C@@H](C)O. The number of aliphatic hydroxyl groups excluding tert-OH is 1. The van der Waals surface area contributed by atoms with Crippen molar-refractivity contribution >= 4 is 5.69 Å². The van der Waals surface area contributed by atoms with Crippen molar-refractivity contribution in [3.63, 3.8) is 0 Å². The van der Waals surface area contributed by atoms with Gasteiger partial charge in [-0.15, -0.1) is 0 Å². The van der Waals surface area contributed by atoms with Crippen molar-refractivity contribution in [2.75, 3.05) is 18.0 Å². The topological polar surface area (TPSA) is 23.5 Å². The Labute approximate surface area is 97.9 Å². The first kappa shape index (κ1) is 11.5. The van der Waals surface area contributed by atoms with E-state index < -0.39 is 0 Å². The molecule has 1 aliphatic carbocycles. The smallest absolute Gasteiger partial charge is 0.0781 e. The normalized spacial score (nSPS) is 17.2. The van der Waals surface area contributed by atoms with Crippen LogP contribution in [0.4, 0.5) is 5.69 Å². The molecule has 0 spiro atoms. The highest BCUT2D eigenvalue weighted by Gasteiger charge is 2.25. The molecule has 1 atom stereocenters. The number of aliphatic hydroxyl groups is 1. The summed E-state index contributed by atoms with van der Waals surface area (Å²) in [5, 5.41) is 9.77. The van der Waals surface area contributed by atoms with Crippen LogP contribution >= 0.6 is 0 Å². The van der Waals surface area contributed by atoms with E-state index in [1.807, 2.05) is 19.1 Å². The van der Waals surface area contributed by atoms with Crippen molar-refractivity contribution in [3.8, 4) is 0 Å². The second kappa shape index (κ2) is 4.88. The van der Waals surface area contributed by atoms with Crippen molar-refractivity contribution < 1.29 is 5.11 Å². The van der Waals surface area contributed by atoms with Crippen molar-refractivity contribution in [1.82, 2.24) is 0 Å². The molecule has 1 N–H and O–H groups in total. The highest BCUT2D eigenvalue weighted by atomic mass is 16.3. The van der Waals surface area contributed by atoms with E-state index in [-0.39, 0.29) is 6.10 Å². The Kier molecular flexibility index (Phi) is 3.49. The van der Waals surface area contributed by atoms with E-state index in [4.69, 9.17) is 0 Å². The second-order valence-electron chi connectivity index (χ2n) is 4.72. The number of anilines is 1. The zero-order valence-electron chi connectivity index (χ0n) is 10.2. The molecule has 0 radical (unpaired) electrons. The Morgan fingerprint density at radius 3 is 2.62 bits per heavy atom. The summed E-state index contributed by atoms with van der Waals surface area (Å²) < 4.78 is 0. The first-order valence-electron chi connectivity index (χ1n) is 6.24. The fourth-order valence-corrected chi connectivity index (χ4v) is 2.14. The van der Waals surface area contributed by atoms with Crippen molar-refractivity contribution in [3.05, 3.63) is 29.8 Å². The molecule has 2 nitrogen and oxygen atoms in total. The summed E-state index contributed by atoms with van der Waals surface area (Å²) in [7, 11) is 0. The van der Waals surface area contributed by atoms with Gasteiger partial charge in [-0.2, -0.15) is 0 Å². The molecule has 0 amide bonds. The highest BCUT2D eigenvalue weighted by molar-refractivity contribution is 5.54. The van der Waals surface area contributed by atoms with Crippen molar-refractivity contribution in [2.45, 2.75) is 32.8 Å². The summed E-state index contributed by atoms with van der Waals surface area (Å²) in [4.78, 5) is 2.39. The zero-order valence-corrected chi connectivity index (χ0v) is 10.2. The van der Waals surface area contributed by atoms with Gasteiger partial charge in [0.25, 0.3) is 0 Å². The Morgan fingerprint density at radius 1 is 1.38 bits per heavy atom. The highest BCUT2D eigenvalue weighted by Crippen LogP contribution is 2.33. The molecule has 2 rings (SSSR count). The molecule has 0 unspecified atom stereocenters. The summed E-state index contributed by atoms with van der Waals surface area (Å²) in [5.74, 6) is 0.877. The minimum Gasteiger partial charge on any atom is -0.389 e. The van der Waals surface area contributed by atoms with Gasteiger partial charge in [-0.3, -0.25) is 0 Å². The Bertz CT molecular complexity index is 344. The van der Waals surface area contributed by atoms with Crippen LogP contribution in [-0.4, -0.2) is 18.2 Å². The van der Waals surface area contributed by atoms with E-state index in [0.717, 1.165) is 24.6 Å². The monoisotopic (exact) mass is 219 g/mol. The third-order valence-corrected chi connectivity index (χ3v) is 3.28. The van der Waals surface area contributed by atoms with E-state index >= 15 is 0 Å². The van der Waals surface area contributed by atoms with Crippen molar-refractivity contribution in [2.24, 2.45) is 5.92 Å². The number of rotatable bonds is 5. The lowest BCUT2D eigenvalue weighted by atomic mass is 10.1. The predicted octanol–water partition coefficient (Wildman–Crippen LogP) is 2.98. The molecule has 1 aromatic carbocycles. The molecule has 0 heterocycles. The van der Waals surface area contributed by atoms with Gasteiger partial charge in [0.15, 0.2) is 0 Å². The average molecular weight is 219 g/mol. The first-order valence-corrected chi connectivity index (χ1v) is 6.24. The van der Waals surface area contributed by atoms with Crippen LogP contribution in [0, 0.1) is 5.92 Å². The standard InChI is InChI=1S/C14H21NO/c1-3-15(10-12-8-9-12)14-7-5-4-6-13(14)11(2)16/h4-7,11-12,16H,3,8-10H2,1-2H3/t11-/m1/s1. The van der Waals surface area contributed by atoms with Crippen LogP contribution < -0.4 is 4.90 Å². The van der Waals surface area contributed by atoms with Gasteiger partial charge in [0, 0.05) is 24.3 Å². The van der Waals surface area contributed by atoms with Gasteiger partial charge in [0.05, 0.1) is 6.10 Å². The van der Waals surface area contributed by atoms with Crippen LogP contribution in [0.1, 0.15) is 38.4 Å². The number of benzene rings is 1. The fourth-order valence-electron chi connectivity index (χ4n) is 2.14. The minimum atomic E-state index is -0.385. The molecule has 0 bridgehead atoms. The number of para-hydroxylation sites is 1. The Hall–Kier alpha value is -1.02. The number of nitrogens with zero attached hydrogens (tertiary/aromatic N) is 1. The summed E-state index contributed by atoms with van der Waals surface area (Å²) in [6, 6.07) is 8.19. The molecular weight excluding hydrogens is 198 g/mol. The van der Waals surface area contributed by atoms with Crippen LogP contribution in [0.15, 0.2) is 24.3 Å². The summed E-state index contributed by atoms with van der Waals surface area (Å²) in [5.41, 5.74) is 2.25. The van der Waals surface area contributed by atoms with Crippen LogP contribution in [0.5, 0.6) is 0 Å². The molecule has 1 fully saturated rings. The quantitative estimate of drug-likeness (QED) is 0.823. The van der Waals surface area contributed by atoms with Gasteiger partial charge >= 0.3 is 0 Å². The molecular formula is C14H21NO. The summed E-state index contributed by atoms with van der Waals surface area (Å²) in [6.45, 7) is 6.17. The molecule has 1 aromatic rings. The Morgan fingerprint density at radius 2 is 2.06 bits per heavy atom. The maximum Gasteiger partial charge on any atom is 0.0781 e. The largest absolute Gasteiger partial charge is 0.389 e. The summed E-state index contributed by atoms with van der Waals surface area (Å²) in [6.07, 6.45) is 2.35. The van der Waals surface area contributed by atoms with Crippen LogP contribution in [0.25, 0.3) is 0 Å². The van der Waals surface area contributed by atoms with E-state index in [2.05, 4.69) is 24.0 Å². The maximum atomic E-state index is 9.77. The number of hydrogen-bond acceptors (Lipinski definition) is 2. The van der Waals surface area contributed by atoms with Gasteiger partial charge in [-0.05, 0) is 38.7 Å². The van der Waals surface area contributed by atoms with Gasteiger partial charge < -0.3 is 10.0 Å². The van der Waals surface area contributed by atoms with E-state index in [9.17, 15) is 5.11 Å². The van der Waals surface area contributed by atoms with Crippen LogP contribution in [-0.2, 0) is 0 Å². The Balaban J connectivity index is 2.21. The van der Waals surface area contributed by atoms with Crippen molar-refractivity contribution in [1.29, 1.82) is 0 Å². The lowest BCUT2D eigenvalue weighted by Gasteiger charge is -2.26. The molecule has 0 aliphatic heterocycles. The molecule has 1 aliphatic rings. The molecule has 88 valence electrons. The van der Waals surface area contributed by atoms with E-state index in [1.165, 1.54) is 18.5 Å². The van der Waals surface area contributed by atoms with E-state index in [1.54, 1.807) is 0 Å². The molecule has 0 saturated heterocycles. The summed E-state index contributed by atoms with van der Waals surface area (Å²) >= 11 is 0. The molecule has 0 aromatic heterocycles. The van der Waals surface area contributed by atoms with Gasteiger partial charge in [0.1, 0.15) is 0 Å². The first-order chi connectivity index (χ1) is 7.72. The van der Waals surface area contributed by atoms with Gasteiger partial charge in [-0.1, -0.05) is 18.2 Å². The molecule has 2 heteroatoms. The predicted molar refractivity (Wildman–Crippen MR) is 67.7 cm³/mol. The van der Waals surface area contributed by atoms with Crippen LogP contribution in [0.3, 0.4) is 0 Å². The number of hydrogen-bond donors (Lipinski definition) is 1. The third kappa shape index (κ3) is 2.56. The fraction of sp³-hybridized carbons (Fsp3) is 0.571. The lowest BCUT2D eigenvalue weighted by molar-refractivity contribution is 0.199. The van der Waals surface area contributed by atoms with Crippen LogP contribution in [0.2, 0.25) is 0 Å². The minimum absolute atomic E-state index is 0.385. The molecule has 16 heavy (non-hydrogen) atoms. The average Bonchev–Trinajstić information content (AvgIpc) is 3.09. The molecule has 1 saturated carbocycles. The van der Waals surface area contributed by atoms with Gasteiger partial charge in [-0.25, -0.2) is 0 Å². The zero-order chi connectivity index (χ0) is 11.5. The van der Waals surface area contributed by atoms with Gasteiger partial charge in [0.2, 0.25) is 0 Å².